The zero-order valence-corrected chi connectivity index (χ0v) is 13.4. The Balaban J connectivity index is 2.23. The van der Waals surface area contributed by atoms with Gasteiger partial charge in [-0.05, 0) is 24.6 Å². The Morgan fingerprint density at radius 3 is 2.61 bits per heavy atom. The lowest BCUT2D eigenvalue weighted by atomic mass is 9.96. The Morgan fingerprint density at radius 1 is 1.17 bits per heavy atom. The number of carbonyl (C=O) groups is 1. The maximum Gasteiger partial charge on any atom is 0.246 e. The second kappa shape index (κ2) is 5.83. The molecule has 2 aromatic rings. The van der Waals surface area contributed by atoms with Crippen LogP contribution < -0.4 is 10.2 Å². The first-order valence-corrected chi connectivity index (χ1v) is 7.39. The molecule has 0 unspecified atom stereocenters. The van der Waals surface area contributed by atoms with Crippen molar-refractivity contribution in [3.63, 3.8) is 0 Å². The molecule has 4 nitrogen and oxygen atoms in total. The van der Waals surface area contributed by atoms with Crippen molar-refractivity contribution in [2.75, 3.05) is 30.9 Å². The lowest BCUT2D eigenvalue weighted by Gasteiger charge is -2.18. The molecule has 1 heterocycles. The number of rotatable bonds is 2. The number of fused-ring (bicyclic) bond motifs is 1. The monoisotopic (exact) mass is 311 g/mol. The van der Waals surface area contributed by atoms with E-state index in [4.69, 9.17) is 0 Å². The number of nitrogens with one attached hydrogen (secondary N) is 1. The van der Waals surface area contributed by atoms with E-state index in [2.05, 4.69) is 10.3 Å². The topological polar surface area (TPSA) is 44.7 Å². The molecule has 0 radical (unpaired) electrons. The molecule has 0 aliphatic carbocycles. The minimum Gasteiger partial charge on any atom is -0.375 e. The Labute approximate surface area is 134 Å². The molecule has 0 atom stereocenters. The number of nitrogens with zero attached hydrogens (tertiary/aromatic N) is 2. The minimum atomic E-state index is -0.341. The minimum absolute atomic E-state index is 0.0251. The summed E-state index contributed by atoms with van der Waals surface area (Å²) in [4.78, 5) is 18.0. The number of benzodiazepines with no additional fused rings is 1. The van der Waals surface area contributed by atoms with Gasteiger partial charge >= 0.3 is 0 Å². The fourth-order valence-electron chi connectivity index (χ4n) is 2.70. The number of aryl methyl sites for hydroxylation is 1. The third kappa shape index (κ3) is 2.82. The first kappa shape index (κ1) is 15.2. The van der Waals surface area contributed by atoms with Gasteiger partial charge in [0.05, 0.1) is 17.1 Å². The fraction of sp³-hybridized carbons (Fsp3) is 0.222. The second-order valence-electron chi connectivity index (χ2n) is 5.77. The normalized spacial score (nSPS) is 13.7. The van der Waals surface area contributed by atoms with Gasteiger partial charge in [-0.3, -0.25) is 9.79 Å². The van der Waals surface area contributed by atoms with Gasteiger partial charge in [0, 0.05) is 25.2 Å². The van der Waals surface area contributed by atoms with Gasteiger partial charge in [-0.1, -0.05) is 24.3 Å². The van der Waals surface area contributed by atoms with Crippen molar-refractivity contribution in [2.45, 2.75) is 6.92 Å². The Hall–Kier alpha value is -2.69. The number of anilines is 2. The average molecular weight is 311 g/mol. The lowest BCUT2D eigenvalue weighted by Crippen LogP contribution is -2.16. The van der Waals surface area contributed by atoms with Gasteiger partial charge < -0.3 is 10.2 Å². The molecule has 1 amide bonds. The van der Waals surface area contributed by atoms with Gasteiger partial charge in [-0.15, -0.1) is 0 Å². The Bertz CT molecular complexity index is 812. The maximum atomic E-state index is 14.4. The van der Waals surface area contributed by atoms with Crippen LogP contribution in [-0.2, 0) is 4.79 Å². The highest BCUT2D eigenvalue weighted by atomic mass is 19.1. The second-order valence-corrected chi connectivity index (χ2v) is 5.77. The summed E-state index contributed by atoms with van der Waals surface area (Å²) in [6.07, 6.45) is 0. The molecule has 1 aliphatic rings. The fourth-order valence-corrected chi connectivity index (χ4v) is 2.70. The van der Waals surface area contributed by atoms with E-state index in [0.717, 1.165) is 11.1 Å². The van der Waals surface area contributed by atoms with Crippen LogP contribution in [0.3, 0.4) is 0 Å². The van der Waals surface area contributed by atoms with Gasteiger partial charge in [0.2, 0.25) is 5.91 Å². The summed E-state index contributed by atoms with van der Waals surface area (Å²) in [5.41, 5.74) is 4.19. The third-order valence-corrected chi connectivity index (χ3v) is 3.88. The van der Waals surface area contributed by atoms with Crippen molar-refractivity contribution < 1.29 is 9.18 Å². The molecule has 0 saturated heterocycles. The van der Waals surface area contributed by atoms with Crippen molar-refractivity contribution in [1.29, 1.82) is 0 Å². The summed E-state index contributed by atoms with van der Waals surface area (Å²) in [7, 11) is 3.53. The molecule has 0 spiro atoms. The summed E-state index contributed by atoms with van der Waals surface area (Å²) >= 11 is 0. The van der Waals surface area contributed by atoms with Crippen molar-refractivity contribution >= 4 is 23.0 Å². The Morgan fingerprint density at radius 2 is 1.91 bits per heavy atom. The number of benzene rings is 2. The zero-order valence-electron chi connectivity index (χ0n) is 13.4. The van der Waals surface area contributed by atoms with Crippen molar-refractivity contribution in [3.05, 3.63) is 58.9 Å². The van der Waals surface area contributed by atoms with Gasteiger partial charge in [0.15, 0.2) is 0 Å². The molecule has 23 heavy (non-hydrogen) atoms. The van der Waals surface area contributed by atoms with Crippen LogP contribution in [0, 0.1) is 12.7 Å². The van der Waals surface area contributed by atoms with E-state index >= 15 is 0 Å². The van der Waals surface area contributed by atoms with Crippen LogP contribution in [0.25, 0.3) is 0 Å². The molecular weight excluding hydrogens is 293 g/mol. The molecule has 3 rings (SSSR count). The number of hydrogen-bond acceptors (Lipinski definition) is 3. The van der Waals surface area contributed by atoms with E-state index in [1.165, 1.54) is 6.07 Å². The molecule has 5 heteroatoms. The molecule has 0 saturated carbocycles. The number of halogens is 1. The molecule has 0 fully saturated rings. The van der Waals surface area contributed by atoms with E-state index < -0.39 is 0 Å². The largest absolute Gasteiger partial charge is 0.375 e. The molecule has 2 aromatic carbocycles. The first-order chi connectivity index (χ1) is 11.0. The predicted molar refractivity (Wildman–Crippen MR) is 91.0 cm³/mol. The number of amides is 1. The van der Waals surface area contributed by atoms with Gasteiger partial charge in [0.25, 0.3) is 0 Å². The summed E-state index contributed by atoms with van der Waals surface area (Å²) in [5.74, 6) is -0.544. The van der Waals surface area contributed by atoms with Gasteiger partial charge in [-0.25, -0.2) is 4.39 Å². The van der Waals surface area contributed by atoms with E-state index in [0.29, 0.717) is 22.6 Å². The molecule has 0 bridgehead atoms. The van der Waals surface area contributed by atoms with Crippen LogP contribution >= 0.6 is 0 Å². The van der Waals surface area contributed by atoms with Gasteiger partial charge in [-0.2, -0.15) is 0 Å². The predicted octanol–water partition coefficient (Wildman–Crippen LogP) is 2.99. The van der Waals surface area contributed by atoms with Crippen LogP contribution in [0.5, 0.6) is 0 Å². The lowest BCUT2D eigenvalue weighted by molar-refractivity contribution is -0.114. The average Bonchev–Trinajstić information content (AvgIpc) is 2.65. The molecule has 118 valence electrons. The summed E-state index contributed by atoms with van der Waals surface area (Å²) < 4.78 is 14.4. The zero-order chi connectivity index (χ0) is 16.6. The summed E-state index contributed by atoms with van der Waals surface area (Å²) in [5, 5.41) is 2.82. The van der Waals surface area contributed by atoms with E-state index in [1.807, 2.05) is 31.2 Å². The smallest absolute Gasteiger partial charge is 0.246 e. The maximum absolute atomic E-state index is 14.4. The highest BCUT2D eigenvalue weighted by molar-refractivity contribution is 6.20. The van der Waals surface area contributed by atoms with Crippen LogP contribution in [0.15, 0.2) is 41.4 Å². The van der Waals surface area contributed by atoms with Crippen molar-refractivity contribution in [2.24, 2.45) is 4.99 Å². The van der Waals surface area contributed by atoms with E-state index in [9.17, 15) is 9.18 Å². The van der Waals surface area contributed by atoms with Crippen molar-refractivity contribution in [1.82, 2.24) is 0 Å². The van der Waals surface area contributed by atoms with Crippen LogP contribution in [-0.4, -0.2) is 32.3 Å². The van der Waals surface area contributed by atoms with E-state index in [1.54, 1.807) is 25.1 Å². The summed E-state index contributed by atoms with van der Waals surface area (Å²) in [6, 6.07) is 10.9. The van der Waals surface area contributed by atoms with Gasteiger partial charge in [0.1, 0.15) is 12.4 Å². The molecular formula is C18H18FN3O. The van der Waals surface area contributed by atoms with Crippen LogP contribution in [0.4, 0.5) is 15.8 Å². The number of aliphatic imine (C=N–C) groups is 1. The highest BCUT2D eigenvalue weighted by Crippen LogP contribution is 2.30. The molecule has 1 aliphatic heterocycles. The molecule has 0 aromatic heterocycles. The highest BCUT2D eigenvalue weighted by Gasteiger charge is 2.21. The third-order valence-electron chi connectivity index (χ3n) is 3.88. The van der Waals surface area contributed by atoms with Crippen LogP contribution in [0.2, 0.25) is 0 Å². The van der Waals surface area contributed by atoms with Crippen LogP contribution in [0.1, 0.15) is 16.7 Å². The summed E-state index contributed by atoms with van der Waals surface area (Å²) in [6.45, 7) is 2.00. The SMILES string of the molecule is Cc1ccccc1C1=NCC(=O)Nc2cc(N(C)C)c(F)cc21. The quantitative estimate of drug-likeness (QED) is 0.926. The van der Waals surface area contributed by atoms with E-state index in [-0.39, 0.29) is 18.3 Å². The Kier molecular flexibility index (Phi) is 3.86. The molecule has 1 N–H and O–H groups in total. The van der Waals surface area contributed by atoms with Crippen molar-refractivity contribution in [3.8, 4) is 0 Å². The number of hydrogen-bond donors (Lipinski definition) is 1. The standard InChI is InChI=1S/C18H18FN3O/c1-11-6-4-5-7-12(11)18-13-8-14(19)16(22(2)3)9-15(13)21-17(23)10-20-18/h4-9H,10H2,1-3H3,(H,21,23). The first-order valence-electron chi connectivity index (χ1n) is 7.39. The number of carbonyl (C=O) groups excluding carboxylic acids is 1.